The lowest BCUT2D eigenvalue weighted by Gasteiger charge is -2.20. The quantitative estimate of drug-likeness (QED) is 0.579. The monoisotopic (exact) mass is 464 g/mol. The number of anilines is 1. The van der Waals surface area contributed by atoms with Crippen LogP contribution in [0.1, 0.15) is 16.7 Å². The Hall–Kier alpha value is -4.10. The summed E-state index contributed by atoms with van der Waals surface area (Å²) < 4.78 is 20.7. The molecular formula is C23H17FN4O4S. The van der Waals surface area contributed by atoms with Crippen LogP contribution in [0.4, 0.5) is 10.2 Å². The van der Waals surface area contributed by atoms with Gasteiger partial charge in [0.1, 0.15) is 28.0 Å². The first-order chi connectivity index (χ1) is 15.9. The van der Waals surface area contributed by atoms with Crippen LogP contribution >= 0.6 is 11.8 Å². The van der Waals surface area contributed by atoms with Gasteiger partial charge in [-0.2, -0.15) is 5.26 Å². The van der Waals surface area contributed by atoms with Crippen molar-refractivity contribution in [3.05, 3.63) is 103 Å². The molecule has 166 valence electrons. The van der Waals surface area contributed by atoms with Crippen LogP contribution in [0.25, 0.3) is 0 Å². The van der Waals surface area contributed by atoms with Crippen LogP contribution in [0, 0.1) is 17.1 Å². The van der Waals surface area contributed by atoms with Gasteiger partial charge in [0.15, 0.2) is 0 Å². The minimum absolute atomic E-state index is 0.0130. The van der Waals surface area contributed by atoms with Gasteiger partial charge in [0.05, 0.1) is 18.2 Å². The third-order valence-corrected chi connectivity index (χ3v) is 6.04. The first-order valence-electron chi connectivity index (χ1n) is 9.76. The molecule has 0 saturated carbocycles. The van der Waals surface area contributed by atoms with Crippen molar-refractivity contribution in [3.8, 4) is 6.07 Å². The number of ether oxygens (including phenoxy) is 1. The minimum Gasteiger partial charge on any atom is -0.457 e. The van der Waals surface area contributed by atoms with Crippen molar-refractivity contribution in [1.82, 2.24) is 9.13 Å². The van der Waals surface area contributed by atoms with Gasteiger partial charge in [-0.3, -0.25) is 13.9 Å². The lowest BCUT2D eigenvalue weighted by atomic mass is 10.1. The summed E-state index contributed by atoms with van der Waals surface area (Å²) in [6.45, 7) is -0.0425. The Kier molecular flexibility index (Phi) is 6.15. The summed E-state index contributed by atoms with van der Waals surface area (Å²) in [6, 6.07) is 14.1. The number of hydrogen-bond donors (Lipinski definition) is 1. The molecule has 0 atom stereocenters. The predicted octanol–water partition coefficient (Wildman–Crippen LogP) is 2.71. The Morgan fingerprint density at radius 1 is 1.12 bits per heavy atom. The van der Waals surface area contributed by atoms with Gasteiger partial charge in [-0.1, -0.05) is 36.0 Å². The zero-order chi connectivity index (χ0) is 23.5. The molecule has 0 aliphatic carbocycles. The van der Waals surface area contributed by atoms with E-state index in [1.165, 1.54) is 42.1 Å². The molecule has 33 heavy (non-hydrogen) atoms. The lowest BCUT2D eigenvalue weighted by molar-refractivity contribution is -0.139. The van der Waals surface area contributed by atoms with Crippen molar-refractivity contribution in [2.24, 2.45) is 7.05 Å². The van der Waals surface area contributed by atoms with Crippen LogP contribution in [0.15, 0.2) is 74.1 Å². The Morgan fingerprint density at radius 3 is 2.45 bits per heavy atom. The lowest BCUT2D eigenvalue weighted by Crippen LogP contribution is -2.41. The van der Waals surface area contributed by atoms with E-state index >= 15 is 0 Å². The number of nitrogens with zero attached hydrogens (tertiary/aromatic N) is 3. The van der Waals surface area contributed by atoms with E-state index in [4.69, 9.17) is 10.00 Å². The average molecular weight is 464 g/mol. The van der Waals surface area contributed by atoms with Gasteiger partial charge in [0.25, 0.3) is 5.56 Å². The molecule has 0 bridgehead atoms. The van der Waals surface area contributed by atoms with Crippen molar-refractivity contribution < 1.29 is 13.9 Å². The highest BCUT2D eigenvalue weighted by molar-refractivity contribution is 8.04. The van der Waals surface area contributed by atoms with Gasteiger partial charge in [-0.25, -0.2) is 14.0 Å². The molecule has 0 saturated heterocycles. The molecule has 2 heterocycles. The number of benzene rings is 2. The smallest absolute Gasteiger partial charge is 0.346 e. The second-order valence-electron chi connectivity index (χ2n) is 7.18. The number of thioether (sulfide) groups is 1. The van der Waals surface area contributed by atoms with Crippen LogP contribution in [0.3, 0.4) is 0 Å². The fourth-order valence-electron chi connectivity index (χ4n) is 3.18. The third kappa shape index (κ3) is 4.58. The topological polar surface area (TPSA) is 106 Å². The summed E-state index contributed by atoms with van der Waals surface area (Å²) >= 11 is 0.911. The summed E-state index contributed by atoms with van der Waals surface area (Å²) in [5.41, 5.74) is 0.694. The van der Waals surface area contributed by atoms with Crippen LogP contribution in [-0.2, 0) is 29.7 Å². The zero-order valence-electron chi connectivity index (χ0n) is 17.4. The molecule has 10 heteroatoms. The highest BCUT2D eigenvalue weighted by atomic mass is 32.2. The Morgan fingerprint density at radius 2 is 1.79 bits per heavy atom. The van der Waals surface area contributed by atoms with Crippen molar-refractivity contribution in [2.75, 3.05) is 5.32 Å². The number of carbonyl (C=O) groups is 1. The highest BCUT2D eigenvalue weighted by Crippen LogP contribution is 2.34. The number of carbonyl (C=O) groups excluding carboxylic acids is 1. The molecule has 0 radical (unpaired) electrons. The first kappa shape index (κ1) is 22.1. The van der Waals surface area contributed by atoms with Crippen molar-refractivity contribution in [2.45, 2.75) is 18.0 Å². The third-order valence-electron chi connectivity index (χ3n) is 4.97. The molecule has 4 rings (SSSR count). The average Bonchev–Trinajstić information content (AvgIpc) is 2.84. The second-order valence-corrected chi connectivity index (χ2v) is 8.23. The molecule has 1 aliphatic heterocycles. The van der Waals surface area contributed by atoms with E-state index in [0.29, 0.717) is 16.7 Å². The maximum Gasteiger partial charge on any atom is 0.346 e. The van der Waals surface area contributed by atoms with Crippen LogP contribution in [0.5, 0.6) is 0 Å². The molecule has 0 spiro atoms. The van der Waals surface area contributed by atoms with Crippen molar-refractivity contribution in [3.63, 3.8) is 0 Å². The van der Waals surface area contributed by atoms with E-state index in [-0.39, 0.29) is 34.6 Å². The maximum absolute atomic E-state index is 13.1. The first-order valence-corrected chi connectivity index (χ1v) is 10.6. The largest absolute Gasteiger partial charge is 0.457 e. The Labute approximate surface area is 191 Å². The summed E-state index contributed by atoms with van der Waals surface area (Å²) in [5, 5.41) is 11.8. The van der Waals surface area contributed by atoms with Gasteiger partial charge in [0.2, 0.25) is 0 Å². The Bertz CT molecular complexity index is 1420. The van der Waals surface area contributed by atoms with Crippen LogP contribution in [-0.4, -0.2) is 15.1 Å². The molecule has 2 aromatic carbocycles. The van der Waals surface area contributed by atoms with E-state index < -0.39 is 17.2 Å². The molecule has 0 unspecified atom stereocenters. The van der Waals surface area contributed by atoms with E-state index in [2.05, 4.69) is 5.32 Å². The molecule has 1 aliphatic rings. The number of aromatic nitrogens is 2. The van der Waals surface area contributed by atoms with E-state index in [0.717, 1.165) is 16.3 Å². The molecule has 3 aromatic rings. The number of halogens is 1. The van der Waals surface area contributed by atoms with Crippen LogP contribution < -0.4 is 16.6 Å². The van der Waals surface area contributed by atoms with E-state index in [9.17, 15) is 18.8 Å². The zero-order valence-corrected chi connectivity index (χ0v) is 18.2. The molecule has 0 fully saturated rings. The second kappa shape index (κ2) is 9.18. The van der Waals surface area contributed by atoms with E-state index in [1.807, 2.05) is 6.07 Å². The number of rotatable bonds is 5. The maximum atomic E-state index is 13.1. The molecule has 0 amide bonds. The highest BCUT2D eigenvalue weighted by Gasteiger charge is 2.26. The van der Waals surface area contributed by atoms with Crippen molar-refractivity contribution in [1.29, 1.82) is 5.26 Å². The number of fused-ring (bicyclic) bond motifs is 1. The summed E-state index contributed by atoms with van der Waals surface area (Å²) in [7, 11) is 1.52. The minimum atomic E-state index is -0.658. The number of esters is 1. The van der Waals surface area contributed by atoms with Crippen molar-refractivity contribution >= 4 is 23.5 Å². The van der Waals surface area contributed by atoms with Gasteiger partial charge in [-0.05, 0) is 35.4 Å². The molecule has 1 N–H and O–H groups in total. The number of nitriles is 1. The SMILES string of the molecule is Cn1c2c(c(=O)n(Cc3ccc(C#N)cc3)c1=O)SC(C(=O)OCc1ccc(F)cc1)=CN2. The molecule has 1 aromatic heterocycles. The van der Waals surface area contributed by atoms with E-state index in [1.54, 1.807) is 24.3 Å². The number of nitrogens with one attached hydrogen (secondary N) is 1. The molecule has 8 nitrogen and oxygen atoms in total. The summed E-state index contributed by atoms with van der Waals surface area (Å²) in [6.07, 6.45) is 1.38. The molecular weight excluding hydrogens is 447 g/mol. The van der Waals surface area contributed by atoms with Gasteiger partial charge in [-0.15, -0.1) is 0 Å². The van der Waals surface area contributed by atoms with Crippen LogP contribution in [0.2, 0.25) is 0 Å². The summed E-state index contributed by atoms with van der Waals surface area (Å²) in [5.74, 6) is -0.769. The predicted molar refractivity (Wildman–Crippen MR) is 120 cm³/mol. The van der Waals surface area contributed by atoms with Gasteiger partial charge in [0, 0.05) is 13.2 Å². The Balaban J connectivity index is 1.56. The van der Waals surface area contributed by atoms with Gasteiger partial charge < -0.3 is 10.1 Å². The standard InChI is InChI=1S/C23H17FN4O4S/c1-27-20-19(21(29)28(23(27)31)12-15-4-2-14(10-25)3-5-15)33-18(11-26-20)22(30)32-13-16-6-8-17(24)9-7-16/h2-9,11,26H,12-13H2,1H3. The number of hydrogen-bond acceptors (Lipinski definition) is 7. The fraction of sp³-hybridized carbons (Fsp3) is 0.130. The summed E-state index contributed by atoms with van der Waals surface area (Å²) in [4.78, 5) is 38.7. The fourth-order valence-corrected chi connectivity index (χ4v) is 4.15. The normalized spacial score (nSPS) is 12.2. The van der Waals surface area contributed by atoms with Gasteiger partial charge >= 0.3 is 11.7 Å².